The van der Waals surface area contributed by atoms with Crippen LogP contribution < -0.4 is 10.2 Å². The summed E-state index contributed by atoms with van der Waals surface area (Å²) in [5, 5.41) is 3.37. The van der Waals surface area contributed by atoms with Crippen molar-refractivity contribution in [3.8, 4) is 11.4 Å². The Morgan fingerprint density at radius 1 is 0.875 bits per heavy atom. The Bertz CT molecular complexity index is 839. The average Bonchev–Trinajstić information content (AvgIpc) is 2.55. The van der Waals surface area contributed by atoms with Gasteiger partial charge in [0, 0.05) is 42.8 Å². The molecule has 3 rings (SSSR count). The first kappa shape index (κ1) is 16.0. The predicted molar refractivity (Wildman–Crippen MR) is 101 cm³/mol. The monoisotopic (exact) mass is 318 g/mol. The molecule has 0 amide bonds. The van der Waals surface area contributed by atoms with E-state index in [1.54, 1.807) is 0 Å². The quantitative estimate of drug-likeness (QED) is 0.765. The Balaban J connectivity index is 1.88. The summed E-state index contributed by atoms with van der Waals surface area (Å²) in [4.78, 5) is 11.3. The molecule has 1 N–H and O–H groups in total. The molecule has 0 aliphatic carbocycles. The van der Waals surface area contributed by atoms with Crippen molar-refractivity contribution in [3.63, 3.8) is 0 Å². The van der Waals surface area contributed by atoms with Crippen LogP contribution in [0.2, 0.25) is 0 Å². The van der Waals surface area contributed by atoms with Gasteiger partial charge in [-0.25, -0.2) is 9.97 Å². The molecule has 0 unspecified atom stereocenters. The van der Waals surface area contributed by atoms with Gasteiger partial charge in [0.1, 0.15) is 5.82 Å². The summed E-state index contributed by atoms with van der Waals surface area (Å²) in [5.74, 6) is 1.54. The van der Waals surface area contributed by atoms with Gasteiger partial charge in [0.15, 0.2) is 5.82 Å². The van der Waals surface area contributed by atoms with Crippen molar-refractivity contribution in [2.24, 2.45) is 0 Å². The number of rotatable bonds is 4. The van der Waals surface area contributed by atoms with E-state index in [0.717, 1.165) is 28.6 Å². The highest BCUT2D eigenvalue weighted by Gasteiger charge is 2.06. The van der Waals surface area contributed by atoms with Crippen LogP contribution in [-0.4, -0.2) is 24.1 Å². The second kappa shape index (κ2) is 6.71. The van der Waals surface area contributed by atoms with Gasteiger partial charge in [-0.15, -0.1) is 0 Å². The highest BCUT2D eigenvalue weighted by atomic mass is 15.1. The van der Waals surface area contributed by atoms with Crippen LogP contribution in [0, 0.1) is 13.8 Å². The molecular weight excluding hydrogens is 296 g/mol. The van der Waals surface area contributed by atoms with Crippen LogP contribution in [0.25, 0.3) is 11.4 Å². The number of hydrogen-bond acceptors (Lipinski definition) is 4. The Hall–Kier alpha value is -2.88. The lowest BCUT2D eigenvalue weighted by Gasteiger charge is -2.13. The molecule has 2 aromatic carbocycles. The molecule has 0 aliphatic heterocycles. The average molecular weight is 318 g/mol. The molecule has 0 saturated heterocycles. The maximum Gasteiger partial charge on any atom is 0.161 e. The van der Waals surface area contributed by atoms with E-state index in [1.807, 2.05) is 39.2 Å². The molecule has 0 saturated carbocycles. The van der Waals surface area contributed by atoms with Gasteiger partial charge in [0.05, 0.1) is 0 Å². The van der Waals surface area contributed by atoms with Crippen LogP contribution >= 0.6 is 0 Å². The fraction of sp³-hybridized carbons (Fsp3) is 0.200. The van der Waals surface area contributed by atoms with Crippen LogP contribution in [0.4, 0.5) is 17.2 Å². The molecule has 1 aromatic heterocycles. The molecule has 0 aliphatic rings. The molecular formula is C20H22N4. The van der Waals surface area contributed by atoms with Crippen molar-refractivity contribution in [1.82, 2.24) is 9.97 Å². The van der Waals surface area contributed by atoms with Gasteiger partial charge in [-0.3, -0.25) is 0 Å². The third-order valence-corrected chi connectivity index (χ3v) is 3.79. The fourth-order valence-corrected chi connectivity index (χ4v) is 2.54. The first-order valence-corrected chi connectivity index (χ1v) is 7.98. The highest BCUT2D eigenvalue weighted by Crippen LogP contribution is 2.22. The summed E-state index contributed by atoms with van der Waals surface area (Å²) < 4.78 is 0. The minimum atomic E-state index is 0.742. The number of anilines is 3. The molecule has 4 heteroatoms. The van der Waals surface area contributed by atoms with Crippen molar-refractivity contribution < 1.29 is 0 Å². The predicted octanol–water partition coefficient (Wildman–Crippen LogP) is 4.57. The summed E-state index contributed by atoms with van der Waals surface area (Å²) in [6.07, 6.45) is 0. The Morgan fingerprint density at radius 2 is 1.62 bits per heavy atom. The Kier molecular flexibility index (Phi) is 4.47. The van der Waals surface area contributed by atoms with Crippen LogP contribution in [0.3, 0.4) is 0 Å². The molecule has 0 spiro atoms. The van der Waals surface area contributed by atoms with Crippen molar-refractivity contribution >= 4 is 17.2 Å². The van der Waals surface area contributed by atoms with E-state index in [2.05, 4.69) is 63.5 Å². The first-order valence-electron chi connectivity index (χ1n) is 7.98. The second-order valence-electron chi connectivity index (χ2n) is 6.15. The van der Waals surface area contributed by atoms with Gasteiger partial charge < -0.3 is 10.2 Å². The molecule has 24 heavy (non-hydrogen) atoms. The summed E-state index contributed by atoms with van der Waals surface area (Å²) in [7, 11) is 4.06. The SMILES string of the molecule is Cc1cccc(-c2nc(C)cc(Nc3ccc(N(C)C)cc3)n2)c1. The smallest absolute Gasteiger partial charge is 0.161 e. The Labute approximate surface area is 143 Å². The summed E-state index contributed by atoms with van der Waals surface area (Å²) >= 11 is 0. The molecule has 1 heterocycles. The van der Waals surface area contributed by atoms with E-state index < -0.39 is 0 Å². The number of nitrogens with zero attached hydrogens (tertiary/aromatic N) is 3. The number of nitrogens with one attached hydrogen (secondary N) is 1. The van der Waals surface area contributed by atoms with E-state index >= 15 is 0 Å². The van der Waals surface area contributed by atoms with Crippen molar-refractivity contribution in [2.75, 3.05) is 24.3 Å². The third kappa shape index (κ3) is 3.71. The molecule has 0 bridgehead atoms. The van der Waals surface area contributed by atoms with E-state index in [-0.39, 0.29) is 0 Å². The summed E-state index contributed by atoms with van der Waals surface area (Å²) in [5.41, 5.74) is 5.35. The van der Waals surface area contributed by atoms with Crippen LogP contribution in [0.1, 0.15) is 11.3 Å². The maximum atomic E-state index is 4.67. The lowest BCUT2D eigenvalue weighted by molar-refractivity contribution is 1.11. The number of benzene rings is 2. The van der Waals surface area contributed by atoms with Crippen molar-refractivity contribution in [1.29, 1.82) is 0 Å². The number of aryl methyl sites for hydroxylation is 2. The first-order chi connectivity index (χ1) is 11.5. The lowest BCUT2D eigenvalue weighted by atomic mass is 10.1. The molecule has 0 atom stereocenters. The van der Waals surface area contributed by atoms with Gasteiger partial charge in [0.2, 0.25) is 0 Å². The topological polar surface area (TPSA) is 41.1 Å². The lowest BCUT2D eigenvalue weighted by Crippen LogP contribution is -2.08. The maximum absolute atomic E-state index is 4.67. The van der Waals surface area contributed by atoms with Crippen molar-refractivity contribution in [3.05, 3.63) is 65.9 Å². The minimum absolute atomic E-state index is 0.742. The zero-order valence-electron chi connectivity index (χ0n) is 14.5. The largest absolute Gasteiger partial charge is 0.378 e. The molecule has 3 aromatic rings. The summed E-state index contributed by atoms with van der Waals surface area (Å²) in [6, 6.07) is 18.5. The minimum Gasteiger partial charge on any atom is -0.378 e. The van der Waals surface area contributed by atoms with Crippen LogP contribution in [-0.2, 0) is 0 Å². The zero-order chi connectivity index (χ0) is 17.1. The van der Waals surface area contributed by atoms with E-state index in [9.17, 15) is 0 Å². The Morgan fingerprint density at radius 3 is 2.29 bits per heavy atom. The summed E-state index contributed by atoms with van der Waals surface area (Å²) in [6.45, 7) is 4.06. The number of aromatic nitrogens is 2. The van der Waals surface area contributed by atoms with Gasteiger partial charge >= 0.3 is 0 Å². The van der Waals surface area contributed by atoms with Gasteiger partial charge in [-0.2, -0.15) is 0 Å². The molecule has 122 valence electrons. The molecule has 0 radical (unpaired) electrons. The van der Waals surface area contributed by atoms with Crippen molar-refractivity contribution in [2.45, 2.75) is 13.8 Å². The number of hydrogen-bond donors (Lipinski definition) is 1. The molecule has 0 fully saturated rings. The van der Waals surface area contributed by atoms with E-state index in [1.165, 1.54) is 11.3 Å². The fourth-order valence-electron chi connectivity index (χ4n) is 2.54. The van der Waals surface area contributed by atoms with Gasteiger partial charge in [-0.1, -0.05) is 23.8 Å². The van der Waals surface area contributed by atoms with Gasteiger partial charge in [-0.05, 0) is 44.2 Å². The van der Waals surface area contributed by atoms with E-state index in [4.69, 9.17) is 0 Å². The van der Waals surface area contributed by atoms with Crippen LogP contribution in [0.15, 0.2) is 54.6 Å². The second-order valence-corrected chi connectivity index (χ2v) is 6.15. The van der Waals surface area contributed by atoms with E-state index in [0.29, 0.717) is 0 Å². The molecule has 4 nitrogen and oxygen atoms in total. The highest BCUT2D eigenvalue weighted by molar-refractivity contribution is 5.64. The third-order valence-electron chi connectivity index (χ3n) is 3.79. The standard InChI is InChI=1S/C20H22N4/c1-14-6-5-7-16(12-14)20-21-15(2)13-19(23-20)22-17-8-10-18(11-9-17)24(3)4/h5-13H,1-4H3,(H,21,22,23). The normalized spacial score (nSPS) is 10.5. The zero-order valence-corrected chi connectivity index (χ0v) is 14.5. The van der Waals surface area contributed by atoms with Crippen LogP contribution in [0.5, 0.6) is 0 Å². The van der Waals surface area contributed by atoms with Gasteiger partial charge in [0.25, 0.3) is 0 Å².